The van der Waals surface area contributed by atoms with Crippen molar-refractivity contribution in [3.8, 4) is 22.5 Å². The van der Waals surface area contributed by atoms with Crippen LogP contribution in [0.4, 0.5) is 0 Å². The fraction of sp³-hybridized carbons (Fsp3) is 0.0769. The summed E-state index contributed by atoms with van der Waals surface area (Å²) in [4.78, 5) is 8.91. The summed E-state index contributed by atoms with van der Waals surface area (Å²) in [5.41, 5.74) is 6.87. The smallest absolute Gasteiger partial charge is 0.120 e. The van der Waals surface area contributed by atoms with Crippen molar-refractivity contribution in [2.45, 2.75) is 19.8 Å². The molecule has 0 aliphatic carbocycles. The first kappa shape index (κ1) is 28.5. The summed E-state index contributed by atoms with van der Waals surface area (Å²) in [6.45, 7) is 4.37. The van der Waals surface area contributed by atoms with Crippen molar-refractivity contribution >= 4 is 43.5 Å². The van der Waals surface area contributed by atoms with E-state index in [-0.39, 0.29) is 20.1 Å². The fourth-order valence-corrected chi connectivity index (χ4v) is 5.44. The van der Waals surface area contributed by atoms with Crippen LogP contribution in [0, 0.1) is 12.1 Å². The zero-order valence-corrected chi connectivity index (χ0v) is 26.2. The van der Waals surface area contributed by atoms with Gasteiger partial charge < -0.3 is 14.4 Å². The number of aromatic nitrogens is 2. The summed E-state index contributed by atoms with van der Waals surface area (Å²) in [7, 11) is 0. The predicted octanol–water partition coefficient (Wildman–Crippen LogP) is 10.4. The maximum absolute atomic E-state index is 6.07. The first-order valence-electron chi connectivity index (χ1n) is 14.2. The van der Waals surface area contributed by atoms with Gasteiger partial charge in [-0.1, -0.05) is 114 Å². The molecule has 0 fully saturated rings. The van der Waals surface area contributed by atoms with Crippen LogP contribution in [0.15, 0.2) is 132 Å². The van der Waals surface area contributed by atoms with Gasteiger partial charge in [0.1, 0.15) is 5.58 Å². The minimum Gasteiger partial charge on any atom is -0.501 e. The Morgan fingerprint density at radius 1 is 0.628 bits per heavy atom. The monoisotopic (exact) mass is 733 g/mol. The second-order valence-electron chi connectivity index (χ2n) is 10.7. The van der Waals surface area contributed by atoms with Gasteiger partial charge in [-0.05, 0) is 40.9 Å². The van der Waals surface area contributed by atoms with Gasteiger partial charge in [-0.25, -0.2) is 0 Å². The number of nitrogens with zero attached hydrogens (tertiary/aromatic N) is 2. The predicted molar refractivity (Wildman–Crippen MR) is 173 cm³/mol. The minimum absolute atomic E-state index is 0. The van der Waals surface area contributed by atoms with Crippen LogP contribution < -0.4 is 0 Å². The van der Waals surface area contributed by atoms with E-state index in [1.165, 1.54) is 27.1 Å². The zero-order chi connectivity index (χ0) is 28.5. The van der Waals surface area contributed by atoms with Crippen molar-refractivity contribution in [1.29, 1.82) is 0 Å². The third-order valence-electron chi connectivity index (χ3n) is 7.66. The van der Waals surface area contributed by atoms with Gasteiger partial charge in [0.25, 0.3) is 0 Å². The molecule has 0 atom stereocenters. The summed E-state index contributed by atoms with van der Waals surface area (Å²) in [6, 6.07) is 45.9. The number of hydrogen-bond donors (Lipinski definition) is 0. The molecule has 5 aromatic carbocycles. The molecule has 8 aromatic rings. The number of pyridine rings is 2. The topological polar surface area (TPSA) is 38.9 Å². The van der Waals surface area contributed by atoms with Crippen molar-refractivity contribution < 1.29 is 24.5 Å². The van der Waals surface area contributed by atoms with E-state index in [1.54, 1.807) is 0 Å². The summed E-state index contributed by atoms with van der Waals surface area (Å²) in [5.74, 6) is 0.469. The third kappa shape index (κ3) is 5.60. The molecule has 3 aromatic heterocycles. The first-order chi connectivity index (χ1) is 20.7. The number of benzene rings is 5. The Bertz CT molecular complexity index is 2180. The Balaban J connectivity index is 0.000000150. The molecule has 0 aliphatic heterocycles. The fourth-order valence-electron chi connectivity index (χ4n) is 5.44. The average molecular weight is 733 g/mol. The van der Waals surface area contributed by atoms with Gasteiger partial charge in [-0.15, -0.1) is 47.3 Å². The SMILES string of the molecule is CC(C)c1ccnc(-c2[c-]ccc3c2oc2ccccc23)c1.[Ir].[c-]1cc2c(ccc3ccccc32)cc1-c1ccccn1. The van der Waals surface area contributed by atoms with Crippen LogP contribution >= 0.6 is 0 Å². The summed E-state index contributed by atoms with van der Waals surface area (Å²) < 4.78 is 6.07. The van der Waals surface area contributed by atoms with E-state index in [9.17, 15) is 0 Å². The Labute approximate surface area is 264 Å². The van der Waals surface area contributed by atoms with Crippen LogP contribution in [-0.4, -0.2) is 9.97 Å². The number of fused-ring (bicyclic) bond motifs is 6. The molecule has 0 saturated carbocycles. The van der Waals surface area contributed by atoms with Crippen LogP contribution in [0.3, 0.4) is 0 Å². The molecule has 8 rings (SSSR count). The Hall–Kier alpha value is -4.63. The van der Waals surface area contributed by atoms with Gasteiger partial charge in [0.15, 0.2) is 0 Å². The normalized spacial score (nSPS) is 11.0. The van der Waals surface area contributed by atoms with Gasteiger partial charge in [0.05, 0.1) is 5.58 Å². The van der Waals surface area contributed by atoms with E-state index in [4.69, 9.17) is 4.42 Å². The van der Waals surface area contributed by atoms with Crippen LogP contribution in [-0.2, 0) is 20.1 Å². The number of furan rings is 1. The van der Waals surface area contributed by atoms with Crippen LogP contribution in [0.1, 0.15) is 25.3 Å². The maximum atomic E-state index is 6.07. The molecule has 3 heterocycles. The Morgan fingerprint density at radius 3 is 2.23 bits per heavy atom. The van der Waals surface area contributed by atoms with Gasteiger partial charge >= 0.3 is 0 Å². The Morgan fingerprint density at radius 2 is 1.40 bits per heavy atom. The van der Waals surface area contributed by atoms with E-state index in [0.717, 1.165) is 44.5 Å². The van der Waals surface area contributed by atoms with Crippen LogP contribution in [0.2, 0.25) is 0 Å². The summed E-state index contributed by atoms with van der Waals surface area (Å²) in [6.07, 6.45) is 3.67. The molecule has 1 radical (unpaired) electrons. The molecular formula is C39H28IrN2O-2. The number of rotatable bonds is 3. The standard InChI is InChI=1S/C20H16NO.C19H12N.Ir/c1-13(2)14-10-11-21-18(12-14)17-8-5-7-16-15-6-3-4-9-19(15)22-20(16)17;1-2-6-17-14(5-1)8-9-15-13-16(10-11-18(15)17)19-7-3-4-12-20-19;/h3-7,9-13H,1-2H3;1-9,11-13H;/q2*-1;. The van der Waals surface area contributed by atoms with Crippen LogP contribution in [0.25, 0.3) is 66.0 Å². The van der Waals surface area contributed by atoms with Gasteiger partial charge in [0, 0.05) is 37.9 Å². The average Bonchev–Trinajstić information content (AvgIpc) is 3.44. The molecule has 43 heavy (non-hydrogen) atoms. The molecular weight excluding hydrogens is 705 g/mol. The van der Waals surface area contributed by atoms with Gasteiger partial charge in [-0.2, -0.15) is 0 Å². The molecule has 0 N–H and O–H groups in total. The molecule has 0 unspecified atom stereocenters. The molecule has 0 amide bonds. The van der Waals surface area contributed by atoms with E-state index >= 15 is 0 Å². The molecule has 4 heteroatoms. The molecule has 3 nitrogen and oxygen atoms in total. The zero-order valence-electron chi connectivity index (χ0n) is 23.8. The van der Waals surface area contributed by atoms with Crippen LogP contribution in [0.5, 0.6) is 0 Å². The van der Waals surface area contributed by atoms with E-state index in [1.807, 2.05) is 54.9 Å². The number of hydrogen-bond acceptors (Lipinski definition) is 3. The molecule has 211 valence electrons. The van der Waals surface area contributed by atoms with Gasteiger partial charge in [-0.3, -0.25) is 0 Å². The summed E-state index contributed by atoms with van der Waals surface area (Å²) >= 11 is 0. The first-order valence-corrected chi connectivity index (χ1v) is 14.2. The van der Waals surface area contributed by atoms with Crippen molar-refractivity contribution in [2.24, 2.45) is 0 Å². The molecule has 0 aliphatic rings. The maximum Gasteiger partial charge on any atom is 0.120 e. The van der Waals surface area contributed by atoms with Gasteiger partial charge in [0.2, 0.25) is 0 Å². The number of para-hydroxylation sites is 1. The third-order valence-corrected chi connectivity index (χ3v) is 7.66. The second kappa shape index (κ2) is 12.3. The minimum atomic E-state index is 0. The molecule has 0 saturated heterocycles. The van der Waals surface area contributed by atoms with Crippen molar-refractivity contribution in [3.63, 3.8) is 0 Å². The molecule has 0 bridgehead atoms. The van der Waals surface area contributed by atoms with E-state index in [2.05, 4.69) is 109 Å². The quantitative estimate of drug-likeness (QED) is 0.134. The van der Waals surface area contributed by atoms with Crippen molar-refractivity contribution in [2.75, 3.05) is 0 Å². The molecule has 0 spiro atoms. The van der Waals surface area contributed by atoms with E-state index in [0.29, 0.717) is 5.92 Å². The second-order valence-corrected chi connectivity index (χ2v) is 10.7. The van der Waals surface area contributed by atoms with Crippen molar-refractivity contribution in [3.05, 3.63) is 145 Å². The van der Waals surface area contributed by atoms with Crippen molar-refractivity contribution in [1.82, 2.24) is 9.97 Å². The largest absolute Gasteiger partial charge is 0.501 e. The van der Waals surface area contributed by atoms with E-state index < -0.39 is 0 Å². The Kier molecular flexibility index (Phi) is 8.15. The summed E-state index contributed by atoms with van der Waals surface area (Å²) in [5, 5.41) is 7.24.